The first kappa shape index (κ1) is 14.1. The summed E-state index contributed by atoms with van der Waals surface area (Å²) >= 11 is 0. The second kappa shape index (κ2) is 7.41. The molecule has 0 saturated carbocycles. The van der Waals surface area contributed by atoms with E-state index in [4.69, 9.17) is 13.3 Å². The Morgan fingerprint density at radius 2 is 1.47 bits per heavy atom. The minimum absolute atomic E-state index is 0.129. The van der Waals surface area contributed by atoms with E-state index >= 15 is 0 Å². The molecule has 0 heterocycles. The zero-order valence-corrected chi connectivity index (χ0v) is 10.8. The Kier molecular flexibility index (Phi) is 6.98. The molecule has 88 valence electrons. The first-order valence-corrected chi connectivity index (χ1v) is 6.45. The summed E-state index contributed by atoms with van der Waals surface area (Å²) in [6.07, 6.45) is 0.361. The van der Waals surface area contributed by atoms with Crippen molar-refractivity contribution >= 4 is 21.5 Å². The third-order valence-corrected chi connectivity index (χ3v) is 3.09. The van der Waals surface area contributed by atoms with E-state index in [0.717, 1.165) is 0 Å². The van der Waals surface area contributed by atoms with Crippen molar-refractivity contribution in [1.82, 2.24) is 0 Å². The first-order chi connectivity index (χ1) is 6.99. The van der Waals surface area contributed by atoms with Crippen LogP contribution in [0.2, 0.25) is 0 Å². The average molecular weight is 234 g/mol. The van der Waals surface area contributed by atoms with Gasteiger partial charge in [-0.15, -0.1) is 0 Å². The van der Waals surface area contributed by atoms with Crippen LogP contribution in [0.15, 0.2) is 0 Å². The summed E-state index contributed by atoms with van der Waals surface area (Å²) in [7, 11) is -2.64. The van der Waals surface area contributed by atoms with Gasteiger partial charge < -0.3 is 13.3 Å². The Morgan fingerprint density at radius 1 is 1.07 bits per heavy atom. The zero-order valence-electron chi connectivity index (χ0n) is 9.61. The standard InChI is InChI=1S/C9H18O5Si/c1-5-8(10)13-15(12-7(3)4)14-9(11)6-2/h7,15H,5-6H2,1-4H3. The number of hydrogen-bond donors (Lipinski definition) is 0. The third kappa shape index (κ3) is 7.09. The van der Waals surface area contributed by atoms with Gasteiger partial charge in [-0.2, -0.15) is 0 Å². The quantitative estimate of drug-likeness (QED) is 0.642. The fourth-order valence-corrected chi connectivity index (χ4v) is 2.05. The molecule has 0 bridgehead atoms. The van der Waals surface area contributed by atoms with Gasteiger partial charge in [-0.1, -0.05) is 13.8 Å². The highest BCUT2D eigenvalue weighted by atomic mass is 28.3. The summed E-state index contributed by atoms with van der Waals surface area (Å²) in [6, 6.07) is 0. The predicted molar refractivity (Wildman–Crippen MR) is 56.1 cm³/mol. The maximum Gasteiger partial charge on any atom is 0.619 e. The molecule has 0 aromatic carbocycles. The summed E-state index contributed by atoms with van der Waals surface area (Å²) in [5, 5.41) is 0. The van der Waals surface area contributed by atoms with E-state index in [-0.39, 0.29) is 18.9 Å². The predicted octanol–water partition coefficient (Wildman–Crippen LogP) is 1.03. The van der Waals surface area contributed by atoms with Crippen LogP contribution >= 0.6 is 0 Å². The Balaban J connectivity index is 4.17. The largest absolute Gasteiger partial charge is 0.619 e. The van der Waals surface area contributed by atoms with Gasteiger partial charge in [0.1, 0.15) is 0 Å². The molecule has 0 atom stereocenters. The van der Waals surface area contributed by atoms with Crippen molar-refractivity contribution in [2.45, 2.75) is 46.6 Å². The highest BCUT2D eigenvalue weighted by Crippen LogP contribution is 2.01. The highest BCUT2D eigenvalue weighted by Gasteiger charge is 2.25. The van der Waals surface area contributed by atoms with Gasteiger partial charge in [-0.25, -0.2) is 0 Å². The van der Waals surface area contributed by atoms with Gasteiger partial charge in [-0.3, -0.25) is 9.59 Å². The zero-order chi connectivity index (χ0) is 11.8. The third-order valence-electron chi connectivity index (χ3n) is 1.42. The van der Waals surface area contributed by atoms with Gasteiger partial charge in [0.15, 0.2) is 0 Å². The van der Waals surface area contributed by atoms with Crippen LogP contribution in [-0.2, 0) is 22.9 Å². The van der Waals surface area contributed by atoms with Crippen molar-refractivity contribution in [3.8, 4) is 0 Å². The van der Waals surface area contributed by atoms with Crippen LogP contribution < -0.4 is 0 Å². The van der Waals surface area contributed by atoms with E-state index < -0.39 is 21.5 Å². The molecule has 0 N–H and O–H groups in total. The van der Waals surface area contributed by atoms with Gasteiger partial charge >= 0.3 is 9.53 Å². The molecule has 0 spiro atoms. The van der Waals surface area contributed by atoms with E-state index in [0.29, 0.717) is 0 Å². The number of carbonyl (C=O) groups excluding carboxylic acids is 2. The fourth-order valence-electron chi connectivity index (χ4n) is 0.683. The summed E-state index contributed by atoms with van der Waals surface area (Å²) in [4.78, 5) is 22.0. The van der Waals surface area contributed by atoms with Crippen molar-refractivity contribution in [2.75, 3.05) is 0 Å². The molecule has 0 aliphatic heterocycles. The lowest BCUT2D eigenvalue weighted by molar-refractivity contribution is -0.143. The second-order valence-electron chi connectivity index (χ2n) is 3.16. The molecule has 15 heavy (non-hydrogen) atoms. The fraction of sp³-hybridized carbons (Fsp3) is 0.778. The van der Waals surface area contributed by atoms with Crippen LogP contribution in [0.3, 0.4) is 0 Å². The topological polar surface area (TPSA) is 61.8 Å². The molecule has 5 nitrogen and oxygen atoms in total. The Hall–Kier alpha value is -0.883. The molecule has 0 aromatic rings. The van der Waals surface area contributed by atoms with Gasteiger partial charge in [0.2, 0.25) is 0 Å². The van der Waals surface area contributed by atoms with Crippen LogP contribution in [0, 0.1) is 0 Å². The Morgan fingerprint density at radius 3 is 1.73 bits per heavy atom. The SMILES string of the molecule is CCC(=O)O[SiH](OC(=O)CC)OC(C)C. The summed E-state index contributed by atoms with van der Waals surface area (Å²) in [5.41, 5.74) is 0. The maximum atomic E-state index is 11.0. The first-order valence-electron chi connectivity index (χ1n) is 5.04. The van der Waals surface area contributed by atoms with Crippen molar-refractivity contribution in [1.29, 1.82) is 0 Å². The van der Waals surface area contributed by atoms with Crippen LogP contribution in [0.5, 0.6) is 0 Å². The van der Waals surface area contributed by atoms with Crippen LogP contribution in [-0.4, -0.2) is 27.6 Å². The molecular formula is C9H18O5Si. The van der Waals surface area contributed by atoms with E-state index in [1.807, 2.05) is 0 Å². The molecule has 0 fully saturated rings. The minimum atomic E-state index is -2.64. The molecule has 0 aliphatic carbocycles. The second-order valence-corrected chi connectivity index (χ2v) is 4.48. The van der Waals surface area contributed by atoms with Crippen LogP contribution in [0.1, 0.15) is 40.5 Å². The molecule has 0 amide bonds. The van der Waals surface area contributed by atoms with Crippen molar-refractivity contribution < 1.29 is 22.9 Å². The smallest absolute Gasteiger partial charge is 0.467 e. The molecule has 0 saturated heterocycles. The lowest BCUT2D eigenvalue weighted by Crippen LogP contribution is -2.34. The Bertz CT molecular complexity index is 199. The average Bonchev–Trinajstić information content (AvgIpc) is 2.16. The van der Waals surface area contributed by atoms with Gasteiger partial charge in [-0.05, 0) is 13.8 Å². The minimum Gasteiger partial charge on any atom is -0.467 e. The van der Waals surface area contributed by atoms with Gasteiger partial charge in [0, 0.05) is 18.9 Å². The van der Waals surface area contributed by atoms with Crippen molar-refractivity contribution in [3.05, 3.63) is 0 Å². The van der Waals surface area contributed by atoms with E-state index in [1.165, 1.54) is 0 Å². The van der Waals surface area contributed by atoms with Crippen LogP contribution in [0.4, 0.5) is 0 Å². The van der Waals surface area contributed by atoms with Crippen molar-refractivity contribution in [3.63, 3.8) is 0 Å². The Labute approximate surface area is 91.7 Å². The monoisotopic (exact) mass is 234 g/mol. The molecular weight excluding hydrogens is 216 g/mol. The molecule has 0 aromatic heterocycles. The number of carbonyl (C=O) groups is 2. The van der Waals surface area contributed by atoms with E-state index in [2.05, 4.69) is 0 Å². The lowest BCUT2D eigenvalue weighted by atomic mass is 10.5. The van der Waals surface area contributed by atoms with Gasteiger partial charge in [0.05, 0.1) is 0 Å². The molecule has 0 unspecified atom stereocenters. The highest BCUT2D eigenvalue weighted by molar-refractivity contribution is 6.41. The van der Waals surface area contributed by atoms with E-state index in [1.54, 1.807) is 27.7 Å². The van der Waals surface area contributed by atoms with Crippen LogP contribution in [0.25, 0.3) is 0 Å². The summed E-state index contributed by atoms with van der Waals surface area (Å²) < 4.78 is 15.1. The maximum absolute atomic E-state index is 11.0. The lowest BCUT2D eigenvalue weighted by Gasteiger charge is -2.17. The molecule has 0 rings (SSSR count). The number of hydrogen-bond acceptors (Lipinski definition) is 5. The summed E-state index contributed by atoms with van der Waals surface area (Å²) in [5.74, 6) is -0.813. The summed E-state index contributed by atoms with van der Waals surface area (Å²) in [6.45, 7) is 6.93. The normalized spacial score (nSPS) is 10.5. The number of rotatable bonds is 6. The molecule has 0 aliphatic rings. The van der Waals surface area contributed by atoms with E-state index in [9.17, 15) is 9.59 Å². The van der Waals surface area contributed by atoms with Crippen molar-refractivity contribution in [2.24, 2.45) is 0 Å². The molecule has 0 radical (unpaired) electrons. The molecule has 6 heteroatoms. The van der Waals surface area contributed by atoms with Gasteiger partial charge in [0.25, 0.3) is 11.9 Å².